The van der Waals surface area contributed by atoms with Gasteiger partial charge in [0, 0.05) is 95.0 Å². The smallest absolute Gasteiger partial charge is 0.342 e. The van der Waals surface area contributed by atoms with Crippen molar-refractivity contribution >= 4 is 85.8 Å². The van der Waals surface area contributed by atoms with E-state index in [4.69, 9.17) is 9.47 Å². The van der Waals surface area contributed by atoms with Crippen molar-refractivity contribution in [2.45, 2.75) is 102 Å². The molecule has 0 bridgehead atoms. The zero-order valence-electron chi connectivity index (χ0n) is 48.1. The van der Waals surface area contributed by atoms with Gasteiger partial charge in [-0.25, -0.2) is 20.0 Å². The lowest BCUT2D eigenvalue weighted by atomic mass is 9.94. The predicted octanol–water partition coefficient (Wildman–Crippen LogP) is 7.19. The maximum atomic E-state index is 15.0. The van der Waals surface area contributed by atoms with Crippen molar-refractivity contribution in [3.63, 3.8) is 0 Å². The number of anilines is 8. The number of hydrogen-bond acceptors (Lipinski definition) is 18. The second kappa shape index (κ2) is 28.3. The SMILES string of the molecule is CCBr.CCN1CCN(NC(=O)c2ccc(Nc3ncc4c(n3)N(C3CCCCC3)CC(F)(F)C(=O)N4C)c(OC)c2)CC1.COc1cc(C(=O)NN2CCNCC2)ccc1Nc1ncc2c(n1)N(C1CCCCC1)CC(F)(F)C(=O)N2C. The topological polar surface area (TPSA) is 221 Å². The normalized spacial score (nSPS) is 19.8. The van der Waals surface area contributed by atoms with E-state index in [1.807, 2.05) is 16.9 Å². The molecule has 10 rings (SSSR count). The Kier molecular flexibility index (Phi) is 21.2. The number of carbonyl (C=O) groups excluding carboxylic acids is 4. The van der Waals surface area contributed by atoms with Crippen LogP contribution in [-0.2, 0) is 9.59 Å². The molecule has 4 fully saturated rings. The summed E-state index contributed by atoms with van der Waals surface area (Å²) in [6, 6.07) is 9.67. The first kappa shape index (κ1) is 62.4. The fourth-order valence-electron chi connectivity index (χ4n) is 11.0. The van der Waals surface area contributed by atoms with Crippen molar-refractivity contribution in [2.75, 3.05) is 136 Å². The minimum atomic E-state index is -3.55. The third-order valence-electron chi connectivity index (χ3n) is 15.6. The van der Waals surface area contributed by atoms with Crippen LogP contribution in [0.3, 0.4) is 0 Å². The highest BCUT2D eigenvalue weighted by Crippen LogP contribution is 2.42. The van der Waals surface area contributed by atoms with Crippen molar-refractivity contribution in [1.82, 2.24) is 51.0 Å². The molecule has 2 saturated carbocycles. The summed E-state index contributed by atoms with van der Waals surface area (Å²) in [4.78, 5) is 76.1. The minimum Gasteiger partial charge on any atom is -0.495 e. The molecule has 83 heavy (non-hydrogen) atoms. The van der Waals surface area contributed by atoms with E-state index in [9.17, 15) is 36.7 Å². The van der Waals surface area contributed by atoms with Gasteiger partial charge in [0.1, 0.15) is 22.9 Å². The molecule has 6 aliphatic rings. The maximum absolute atomic E-state index is 15.0. The van der Waals surface area contributed by atoms with Gasteiger partial charge in [-0.05, 0) is 68.6 Å². The van der Waals surface area contributed by atoms with E-state index >= 15 is 0 Å². The first-order chi connectivity index (χ1) is 39.9. The maximum Gasteiger partial charge on any atom is 0.342 e. The summed E-state index contributed by atoms with van der Waals surface area (Å²) >= 11 is 3.15. The molecule has 22 nitrogen and oxygen atoms in total. The van der Waals surface area contributed by atoms with E-state index in [2.05, 4.69) is 74.5 Å². The van der Waals surface area contributed by atoms with Gasteiger partial charge in [-0.3, -0.25) is 30.0 Å². The summed E-state index contributed by atoms with van der Waals surface area (Å²) in [5.74, 6) is -8.44. The number of piperazine rings is 2. The van der Waals surface area contributed by atoms with Gasteiger partial charge < -0.3 is 49.9 Å². The molecule has 0 atom stereocenters. The van der Waals surface area contributed by atoms with Crippen molar-refractivity contribution in [3.8, 4) is 11.5 Å². The number of amides is 4. The molecule has 0 spiro atoms. The van der Waals surface area contributed by atoms with E-state index in [0.717, 1.165) is 125 Å². The first-order valence-electron chi connectivity index (χ1n) is 28.5. The highest BCUT2D eigenvalue weighted by Gasteiger charge is 2.50. The van der Waals surface area contributed by atoms with Crippen LogP contribution in [0.4, 0.5) is 63.8 Å². The lowest BCUT2D eigenvalue weighted by Crippen LogP contribution is -2.53. The number of fused-ring (bicyclic) bond motifs is 2. The number of aromatic nitrogens is 4. The molecule has 4 aliphatic heterocycles. The Morgan fingerprint density at radius 3 is 1.42 bits per heavy atom. The van der Waals surface area contributed by atoms with Crippen LogP contribution in [0, 0.1) is 0 Å². The molecular weight excluding hydrogens is 1150 g/mol. The molecule has 5 N–H and O–H groups in total. The lowest BCUT2D eigenvalue weighted by molar-refractivity contribution is -0.141. The van der Waals surface area contributed by atoms with Gasteiger partial charge in [0.15, 0.2) is 11.6 Å². The molecule has 4 amide bonds. The highest BCUT2D eigenvalue weighted by atomic mass is 79.9. The van der Waals surface area contributed by atoms with Gasteiger partial charge in [0.2, 0.25) is 11.9 Å². The van der Waals surface area contributed by atoms with Gasteiger partial charge in [-0.1, -0.05) is 68.3 Å². The number of benzene rings is 2. The number of hydrazine groups is 2. The molecule has 0 unspecified atom stereocenters. The van der Waals surface area contributed by atoms with Crippen LogP contribution in [0.15, 0.2) is 48.8 Å². The number of rotatable bonds is 13. The second-order valence-electron chi connectivity index (χ2n) is 21.2. The summed E-state index contributed by atoms with van der Waals surface area (Å²) in [6.45, 7) is 9.99. The third kappa shape index (κ3) is 15.2. The Labute approximate surface area is 490 Å². The van der Waals surface area contributed by atoms with Crippen LogP contribution in [0.1, 0.15) is 98.8 Å². The number of nitrogens with one attached hydrogen (secondary N) is 5. The summed E-state index contributed by atoms with van der Waals surface area (Å²) in [5, 5.41) is 14.3. The van der Waals surface area contributed by atoms with Crippen LogP contribution in [-0.4, -0.2) is 188 Å². The Bertz CT molecular complexity index is 2890. The number of ether oxygens (including phenoxy) is 2. The molecule has 2 aromatic heterocycles. The number of carbonyl (C=O) groups is 4. The Hall–Kier alpha value is -6.68. The number of alkyl halides is 5. The van der Waals surface area contributed by atoms with E-state index < -0.39 is 36.7 Å². The molecule has 4 aromatic rings. The van der Waals surface area contributed by atoms with E-state index in [1.54, 1.807) is 46.2 Å². The molecule has 2 aliphatic carbocycles. The number of methoxy groups -OCH3 is 2. The predicted molar refractivity (Wildman–Crippen MR) is 314 cm³/mol. The zero-order chi connectivity index (χ0) is 59.4. The van der Waals surface area contributed by atoms with Gasteiger partial charge in [0.25, 0.3) is 23.6 Å². The standard InChI is InChI=1S/C28H38F2N8O3.C26H34F2N8O3.C2H5Br/c1-4-36-12-14-37(15-13-36)34-25(39)19-10-11-21(23(16-19)41-3)32-27-31-17-22-24(33-27)38(20-8-6-5-7-9-20)18-28(29,30)26(40)35(22)2;1-34-20-15-30-25(32-22(20)36(16-26(27,28)24(34)38)18-6-4-3-5-7-18)31-19-9-8-17(14-21(19)39-2)23(37)33-35-12-10-29-11-13-35;1-2-3/h10-11,16-17,20H,4-9,12-15,18H2,1-3H3,(H,34,39)(H,31,32,33);8-9,14-15,18,29H,3-7,10-13,16H2,1-2H3,(H,33,37)(H,30,31,32);2H2,1H3. The van der Waals surface area contributed by atoms with Gasteiger partial charge in [-0.2, -0.15) is 27.5 Å². The van der Waals surface area contributed by atoms with Gasteiger partial charge in [-0.15, -0.1) is 0 Å². The molecule has 27 heteroatoms. The van der Waals surface area contributed by atoms with Gasteiger partial charge in [0.05, 0.1) is 51.1 Å². The summed E-state index contributed by atoms with van der Waals surface area (Å²) in [6.07, 6.45) is 11.7. The Morgan fingerprint density at radius 2 is 1.04 bits per heavy atom. The average Bonchev–Trinajstić information content (AvgIpc) is 3.60. The minimum absolute atomic E-state index is 0.145. The van der Waals surface area contributed by atoms with Crippen LogP contribution < -0.4 is 55.9 Å². The Morgan fingerprint density at radius 1 is 0.639 bits per heavy atom. The second-order valence-corrected chi connectivity index (χ2v) is 22.3. The zero-order valence-corrected chi connectivity index (χ0v) is 49.7. The van der Waals surface area contributed by atoms with Crippen molar-refractivity contribution in [3.05, 3.63) is 59.9 Å². The van der Waals surface area contributed by atoms with Crippen molar-refractivity contribution in [2.24, 2.45) is 0 Å². The number of likely N-dealkylation sites (N-methyl/N-ethyl adjacent to an activating group) is 1. The van der Waals surface area contributed by atoms with E-state index in [0.29, 0.717) is 58.7 Å². The van der Waals surface area contributed by atoms with Crippen molar-refractivity contribution < 1.29 is 46.2 Å². The van der Waals surface area contributed by atoms with E-state index in [-0.39, 0.29) is 47.2 Å². The van der Waals surface area contributed by atoms with Crippen LogP contribution in [0.5, 0.6) is 11.5 Å². The first-order valence-corrected chi connectivity index (χ1v) is 29.6. The number of nitrogens with zero attached hydrogens (tertiary/aromatic N) is 11. The largest absolute Gasteiger partial charge is 0.495 e. The molecule has 2 saturated heterocycles. The van der Waals surface area contributed by atoms with E-state index in [1.165, 1.54) is 40.7 Å². The lowest BCUT2D eigenvalue weighted by Gasteiger charge is -2.35. The average molecular weight is 1230 g/mol. The quantitative estimate of drug-likeness (QED) is 0.0660. The monoisotopic (exact) mass is 1220 g/mol. The van der Waals surface area contributed by atoms with Gasteiger partial charge >= 0.3 is 11.8 Å². The molecular formula is C56H77BrF4N16O6. The van der Waals surface area contributed by atoms with Crippen LogP contribution in [0.25, 0.3) is 0 Å². The number of halogens is 5. The molecule has 6 heterocycles. The fourth-order valence-corrected chi connectivity index (χ4v) is 11.0. The van der Waals surface area contributed by atoms with Crippen LogP contribution in [0.2, 0.25) is 0 Å². The molecule has 452 valence electrons. The van der Waals surface area contributed by atoms with Crippen molar-refractivity contribution in [1.29, 1.82) is 0 Å². The fraction of sp³-hybridized carbons (Fsp3) is 0.571. The Balaban J connectivity index is 0.000000207. The summed E-state index contributed by atoms with van der Waals surface area (Å²) in [5.41, 5.74) is 8.20. The summed E-state index contributed by atoms with van der Waals surface area (Å²) < 4.78 is 70.8. The number of hydrogen-bond donors (Lipinski definition) is 5. The molecule has 0 radical (unpaired) electrons. The van der Waals surface area contributed by atoms with Crippen LogP contribution >= 0.6 is 15.9 Å². The molecule has 2 aromatic carbocycles. The third-order valence-corrected chi connectivity index (χ3v) is 15.6. The highest BCUT2D eigenvalue weighted by molar-refractivity contribution is 9.09. The summed E-state index contributed by atoms with van der Waals surface area (Å²) in [7, 11) is 5.64.